The maximum absolute atomic E-state index is 12.9. The van der Waals surface area contributed by atoms with Crippen LogP contribution >= 0.6 is 22.7 Å². The monoisotopic (exact) mass is 601 g/mol. The van der Waals surface area contributed by atoms with Crippen molar-refractivity contribution in [1.82, 2.24) is 20.2 Å². The third kappa shape index (κ3) is 6.06. The molecule has 0 saturated carbocycles. The van der Waals surface area contributed by atoms with Crippen LogP contribution in [0.15, 0.2) is 60.7 Å². The van der Waals surface area contributed by atoms with Gasteiger partial charge in [0, 0.05) is 20.1 Å². The molecular weight excluding hydrogens is 571 g/mol. The lowest BCUT2D eigenvalue weighted by Crippen LogP contribution is -2.24. The van der Waals surface area contributed by atoms with Crippen LogP contribution in [0.25, 0.3) is 10.2 Å². The first-order valence-electron chi connectivity index (χ1n) is 13.8. The lowest BCUT2D eigenvalue weighted by Gasteiger charge is -2.18. The Morgan fingerprint density at radius 3 is 2.69 bits per heavy atom. The van der Waals surface area contributed by atoms with E-state index in [2.05, 4.69) is 37.5 Å². The van der Waals surface area contributed by atoms with Crippen molar-refractivity contribution in [3.8, 4) is 0 Å². The molecule has 1 fully saturated rings. The number of nitrogens with one attached hydrogen (secondary N) is 1. The summed E-state index contributed by atoms with van der Waals surface area (Å²) in [6, 6.07) is 20.1. The topological polar surface area (TPSA) is 106 Å². The van der Waals surface area contributed by atoms with E-state index in [1.54, 1.807) is 18.3 Å². The van der Waals surface area contributed by atoms with Crippen molar-refractivity contribution in [3.05, 3.63) is 77.5 Å². The molecule has 4 heterocycles. The highest BCUT2D eigenvalue weighted by molar-refractivity contribution is 7.22. The molecule has 5 aromatic rings. The zero-order chi connectivity index (χ0) is 29.1. The minimum Gasteiger partial charge on any atom is -0.461 e. The molecular formula is C30H31N7O3S2. The molecule has 1 N–H and O–H groups in total. The van der Waals surface area contributed by atoms with Gasteiger partial charge in [-0.1, -0.05) is 65.1 Å². The molecule has 6 rings (SSSR count). The van der Waals surface area contributed by atoms with Crippen molar-refractivity contribution in [3.63, 3.8) is 0 Å². The SMILES string of the molecule is CCOC(=O)c1nc(N(C)c2cc(C)c(Nc3nc4ccccc4s3)nn2)sc1N1CC[C@H](OCc2ccccc2)C1. The molecule has 216 valence electrons. The number of nitrogens with zero attached hydrogens (tertiary/aromatic N) is 6. The molecule has 12 heteroatoms. The molecule has 0 spiro atoms. The zero-order valence-electron chi connectivity index (χ0n) is 23.6. The van der Waals surface area contributed by atoms with Crippen molar-refractivity contribution in [1.29, 1.82) is 0 Å². The number of ether oxygens (including phenoxy) is 2. The van der Waals surface area contributed by atoms with E-state index in [9.17, 15) is 4.79 Å². The summed E-state index contributed by atoms with van der Waals surface area (Å²) >= 11 is 3.00. The first-order valence-corrected chi connectivity index (χ1v) is 15.4. The van der Waals surface area contributed by atoms with E-state index in [1.165, 1.54) is 11.3 Å². The number of hydrogen-bond donors (Lipinski definition) is 1. The number of hydrogen-bond acceptors (Lipinski definition) is 12. The van der Waals surface area contributed by atoms with Crippen molar-refractivity contribution < 1.29 is 14.3 Å². The first kappa shape index (κ1) is 28.0. The third-order valence-electron chi connectivity index (χ3n) is 6.95. The molecule has 0 amide bonds. The van der Waals surface area contributed by atoms with Crippen molar-refractivity contribution >= 4 is 65.8 Å². The van der Waals surface area contributed by atoms with Crippen LogP contribution in [0.3, 0.4) is 0 Å². The Morgan fingerprint density at radius 2 is 1.90 bits per heavy atom. The van der Waals surface area contributed by atoms with Gasteiger partial charge < -0.3 is 24.6 Å². The summed E-state index contributed by atoms with van der Waals surface area (Å²) in [4.78, 5) is 26.3. The normalized spacial score (nSPS) is 14.8. The fourth-order valence-corrected chi connectivity index (χ4v) is 6.64. The van der Waals surface area contributed by atoms with E-state index in [4.69, 9.17) is 14.5 Å². The largest absolute Gasteiger partial charge is 0.461 e. The van der Waals surface area contributed by atoms with Crippen LogP contribution in [-0.4, -0.2) is 59.0 Å². The molecule has 1 aliphatic heterocycles. The molecule has 2 aromatic carbocycles. The average molecular weight is 602 g/mol. The number of aromatic nitrogens is 4. The van der Waals surface area contributed by atoms with Gasteiger partial charge in [-0.2, -0.15) is 0 Å². The number of carbonyl (C=O) groups is 1. The molecule has 0 aliphatic carbocycles. The average Bonchev–Trinajstić information content (AvgIpc) is 3.75. The number of anilines is 5. The van der Waals surface area contributed by atoms with Gasteiger partial charge in [-0.3, -0.25) is 0 Å². The maximum Gasteiger partial charge on any atom is 0.360 e. The van der Waals surface area contributed by atoms with Crippen molar-refractivity contribution in [2.45, 2.75) is 33.0 Å². The number of para-hydroxylation sites is 1. The van der Waals surface area contributed by atoms with E-state index in [0.29, 0.717) is 35.6 Å². The fraction of sp³-hybridized carbons (Fsp3) is 0.300. The van der Waals surface area contributed by atoms with Crippen LogP contribution in [0.4, 0.5) is 26.9 Å². The summed E-state index contributed by atoms with van der Waals surface area (Å²) in [5.74, 6) is 0.815. The van der Waals surface area contributed by atoms with Gasteiger partial charge in [0.2, 0.25) is 0 Å². The summed E-state index contributed by atoms with van der Waals surface area (Å²) in [5, 5.41) is 14.4. The summed E-state index contributed by atoms with van der Waals surface area (Å²) in [6.07, 6.45) is 0.930. The fourth-order valence-electron chi connectivity index (χ4n) is 4.71. The number of rotatable bonds is 10. The van der Waals surface area contributed by atoms with Gasteiger partial charge in [0.05, 0.1) is 29.5 Å². The summed E-state index contributed by atoms with van der Waals surface area (Å²) in [7, 11) is 1.87. The highest BCUT2D eigenvalue weighted by Crippen LogP contribution is 2.39. The second-order valence-corrected chi connectivity index (χ2v) is 11.9. The third-order valence-corrected chi connectivity index (χ3v) is 9.09. The van der Waals surface area contributed by atoms with Crippen LogP contribution in [0, 0.1) is 6.92 Å². The lowest BCUT2D eigenvalue weighted by molar-refractivity contribution is 0.0518. The number of thiazole rings is 2. The molecule has 10 nitrogen and oxygen atoms in total. The number of benzene rings is 2. The van der Waals surface area contributed by atoms with E-state index in [0.717, 1.165) is 44.4 Å². The van der Waals surface area contributed by atoms with Crippen LogP contribution in [0.1, 0.15) is 35.0 Å². The van der Waals surface area contributed by atoms with E-state index >= 15 is 0 Å². The van der Waals surface area contributed by atoms with Gasteiger partial charge in [-0.25, -0.2) is 14.8 Å². The number of esters is 1. The Hall–Kier alpha value is -4.13. The van der Waals surface area contributed by atoms with Gasteiger partial charge in [-0.05, 0) is 49.6 Å². The number of aryl methyl sites for hydroxylation is 1. The molecule has 1 aliphatic rings. The minimum atomic E-state index is -0.435. The second-order valence-electron chi connectivity index (χ2n) is 9.93. The number of carbonyl (C=O) groups excluding carboxylic acids is 1. The standard InChI is InChI=1S/C30H31N7O3S2/c1-4-39-28(38)25-27(37-15-14-21(17-37)40-18-20-10-6-5-7-11-20)42-30(32-25)36(3)24-16-19(2)26(35-34-24)33-29-31-22-12-8-9-13-23(22)41-29/h5-13,16,21H,4,14-15,17-18H2,1-3H3,(H,31,33,35)/t21-/m0/s1. The smallest absolute Gasteiger partial charge is 0.360 e. The second kappa shape index (κ2) is 12.4. The molecule has 42 heavy (non-hydrogen) atoms. The maximum atomic E-state index is 12.9. The predicted molar refractivity (Wildman–Crippen MR) is 168 cm³/mol. The molecule has 3 aromatic heterocycles. The predicted octanol–water partition coefficient (Wildman–Crippen LogP) is 6.33. The molecule has 0 unspecified atom stereocenters. The van der Waals surface area contributed by atoms with Gasteiger partial charge in [-0.15, -0.1) is 10.2 Å². The Balaban J connectivity index is 1.19. The summed E-state index contributed by atoms with van der Waals surface area (Å²) in [5.41, 5.74) is 3.30. The van der Waals surface area contributed by atoms with E-state index < -0.39 is 5.97 Å². The van der Waals surface area contributed by atoms with Crippen molar-refractivity contribution in [2.75, 3.05) is 41.9 Å². The van der Waals surface area contributed by atoms with Gasteiger partial charge in [0.15, 0.2) is 27.6 Å². The summed E-state index contributed by atoms with van der Waals surface area (Å²) < 4.78 is 12.6. The lowest BCUT2D eigenvalue weighted by atomic mass is 10.2. The Bertz CT molecular complexity index is 1660. The highest BCUT2D eigenvalue weighted by Gasteiger charge is 2.31. The van der Waals surface area contributed by atoms with Gasteiger partial charge in [0.1, 0.15) is 5.00 Å². The van der Waals surface area contributed by atoms with Crippen LogP contribution in [0.2, 0.25) is 0 Å². The van der Waals surface area contributed by atoms with Crippen LogP contribution < -0.4 is 15.1 Å². The highest BCUT2D eigenvalue weighted by atomic mass is 32.1. The minimum absolute atomic E-state index is 0.0625. The van der Waals surface area contributed by atoms with Gasteiger partial charge in [0.25, 0.3) is 0 Å². The quantitative estimate of drug-likeness (QED) is 0.182. The van der Waals surface area contributed by atoms with Crippen LogP contribution in [-0.2, 0) is 16.1 Å². The Labute approximate surface area is 252 Å². The molecule has 0 radical (unpaired) electrons. The molecule has 1 atom stereocenters. The Morgan fingerprint density at radius 1 is 1.10 bits per heavy atom. The van der Waals surface area contributed by atoms with Gasteiger partial charge >= 0.3 is 5.97 Å². The van der Waals surface area contributed by atoms with E-state index in [1.807, 2.05) is 67.4 Å². The first-order chi connectivity index (χ1) is 20.5. The Kier molecular flexibility index (Phi) is 8.27. The number of fused-ring (bicyclic) bond motifs is 1. The van der Waals surface area contributed by atoms with Crippen molar-refractivity contribution in [2.24, 2.45) is 0 Å². The molecule has 1 saturated heterocycles. The van der Waals surface area contributed by atoms with Crippen LogP contribution in [0.5, 0.6) is 0 Å². The molecule has 0 bridgehead atoms. The van der Waals surface area contributed by atoms with E-state index in [-0.39, 0.29) is 12.7 Å². The summed E-state index contributed by atoms with van der Waals surface area (Å²) in [6.45, 7) is 6.04. The zero-order valence-corrected chi connectivity index (χ0v) is 25.2.